The molecule has 0 spiro atoms. The first-order valence-electron chi connectivity index (χ1n) is 2.45. The second-order valence-corrected chi connectivity index (χ2v) is 4.50. The molecule has 0 unspecified atom stereocenters. The Labute approximate surface area is 346 Å². The van der Waals surface area contributed by atoms with Crippen LogP contribution >= 0.6 is 0 Å². The van der Waals surface area contributed by atoms with Gasteiger partial charge in [-0.05, 0) is 0 Å². The Morgan fingerprint density at radius 3 is 0.238 bits per heavy atom. The van der Waals surface area contributed by atoms with Gasteiger partial charge in [-0.25, -0.2) is 0 Å². The van der Waals surface area contributed by atoms with E-state index in [2.05, 4.69) is 0 Å². The van der Waals surface area contributed by atoms with Gasteiger partial charge in [0.1, 0.15) is 0 Å². The molecule has 0 aromatic carbocycles. The van der Waals surface area contributed by atoms with Crippen molar-refractivity contribution in [3.63, 3.8) is 0 Å². The van der Waals surface area contributed by atoms with Gasteiger partial charge in [0.05, 0.1) is 0 Å². The van der Waals surface area contributed by atoms with Crippen LogP contribution in [0.3, 0.4) is 0 Å². The molecule has 0 saturated heterocycles. The van der Waals surface area contributed by atoms with E-state index in [1.165, 1.54) is 0 Å². The molecule has 0 aliphatic carbocycles. The molecule has 0 bridgehead atoms. The fourth-order valence-electron chi connectivity index (χ4n) is 0. The minimum Gasteiger partial charge on any atom is -0.894 e. The maximum Gasteiger partial charge on any atom is 2.00 e. The predicted molar refractivity (Wildman–Crippen MR) is 51.8 cm³/mol. The Bertz CT molecular complexity index is 104. The van der Waals surface area contributed by atoms with Gasteiger partial charge in [-0.15, -0.1) is 0 Å². The van der Waals surface area contributed by atoms with Crippen LogP contribution in [0, 0.1) is 0 Å². The first-order valence-corrected chi connectivity index (χ1v) is 7.35. The predicted octanol–water partition coefficient (Wildman–Crippen LogP) is -17.7. The molecule has 0 N–H and O–H groups in total. The van der Waals surface area contributed by atoms with E-state index in [4.69, 9.17) is 57.5 Å². The van der Waals surface area contributed by atoms with E-state index in [9.17, 15) is 0 Å². The van der Waals surface area contributed by atoms with E-state index >= 15 is 0 Å². The number of hydrogen-bond donors (Lipinski definition) is 0. The Hall–Kier alpha value is 9.05. The summed E-state index contributed by atoms with van der Waals surface area (Å²) in [7, 11) is -16.8. The molecular formula is O12Si3Sr6. The van der Waals surface area contributed by atoms with Crippen LogP contribution < -0.4 is 57.5 Å². The van der Waals surface area contributed by atoms with Gasteiger partial charge in [0.25, 0.3) is 0 Å². The van der Waals surface area contributed by atoms with Gasteiger partial charge in [0, 0.05) is 0 Å². The molecule has 0 aromatic heterocycles. The van der Waals surface area contributed by atoms with Crippen molar-refractivity contribution in [1.82, 2.24) is 0 Å². The molecule has 0 fully saturated rings. The van der Waals surface area contributed by atoms with Crippen molar-refractivity contribution in [3.8, 4) is 0 Å². The molecule has 0 aliphatic rings. The smallest absolute Gasteiger partial charge is 0.894 e. The molecule has 0 heterocycles. The summed E-state index contributed by atoms with van der Waals surface area (Å²) < 4.78 is 0. The average molecular weight is 802 g/mol. The fourth-order valence-corrected chi connectivity index (χ4v) is 0. The quantitative estimate of drug-likeness (QED) is 0.207. The molecule has 0 radical (unpaired) electrons. The second-order valence-electron chi connectivity index (χ2n) is 1.50. The SMILES string of the molecule is [O-][Si]([O-])([O-])[O-].[O-][Si]([O-])([O-])[O-].[O-][Si]([O-])([O-])[O-].[Sr+2].[Sr+2].[Sr+2].[Sr+2].[Sr+2].[Sr+2]. The van der Waals surface area contributed by atoms with Crippen LogP contribution in [0.15, 0.2) is 0 Å². The molecular weight excluding hydrogens is 802 g/mol. The molecule has 21 heavy (non-hydrogen) atoms. The fraction of sp³-hybridized carbons (Fsp3) is 0. The molecule has 0 rings (SSSR count). The van der Waals surface area contributed by atoms with E-state index in [1.54, 1.807) is 0 Å². The summed E-state index contributed by atoms with van der Waals surface area (Å²) in [5, 5.41) is 0. The zero-order valence-electron chi connectivity index (χ0n) is 10.6. The van der Waals surface area contributed by atoms with Crippen LogP contribution in [0.5, 0.6) is 0 Å². The molecule has 12 nitrogen and oxygen atoms in total. The Kier molecular flexibility index (Phi) is 85.1. The third-order valence-corrected chi connectivity index (χ3v) is 0. The van der Waals surface area contributed by atoms with Gasteiger partial charge in [-0.2, -0.15) is 0 Å². The van der Waals surface area contributed by atoms with Gasteiger partial charge < -0.3 is 84.7 Å². The molecule has 96 valence electrons. The number of rotatable bonds is 0. The summed E-state index contributed by atoms with van der Waals surface area (Å²) in [6, 6.07) is 0. The zero-order chi connectivity index (χ0) is 13.5. The first kappa shape index (κ1) is 57.2. The minimum atomic E-state index is -5.61. The maximum atomic E-state index is 8.58. The van der Waals surface area contributed by atoms with Crippen LogP contribution in [-0.2, 0) is 0 Å². The van der Waals surface area contributed by atoms with E-state index in [0.29, 0.717) is 0 Å². The Morgan fingerprint density at radius 1 is 0.238 bits per heavy atom. The van der Waals surface area contributed by atoms with Crippen molar-refractivity contribution in [1.29, 1.82) is 0 Å². The Morgan fingerprint density at radius 2 is 0.238 bits per heavy atom. The summed E-state index contributed by atoms with van der Waals surface area (Å²) in [6.45, 7) is 0. The van der Waals surface area contributed by atoms with E-state index in [-0.39, 0.29) is 273 Å². The maximum absolute atomic E-state index is 8.58. The van der Waals surface area contributed by atoms with Gasteiger partial charge in [0.15, 0.2) is 0 Å². The van der Waals surface area contributed by atoms with Crippen LogP contribution in [0.2, 0.25) is 0 Å². The third kappa shape index (κ3) is 259. The van der Waals surface area contributed by atoms with Crippen LogP contribution in [0.1, 0.15) is 0 Å². The topological polar surface area (TPSA) is 277 Å². The monoisotopic (exact) mass is 803 g/mol. The molecule has 0 aliphatic heterocycles. The van der Waals surface area contributed by atoms with E-state index in [1.807, 2.05) is 0 Å². The Balaban J connectivity index is -0.0000000129. The van der Waals surface area contributed by atoms with Crippen LogP contribution in [0.4, 0.5) is 0 Å². The van der Waals surface area contributed by atoms with Gasteiger partial charge in [-0.1, -0.05) is 0 Å². The summed E-state index contributed by atoms with van der Waals surface area (Å²) >= 11 is 0. The zero-order valence-corrected chi connectivity index (χ0v) is 34.5. The first-order chi connectivity index (χ1) is 6.00. The van der Waals surface area contributed by atoms with Gasteiger partial charge >= 0.3 is 273 Å². The van der Waals surface area contributed by atoms with Gasteiger partial charge in [0.2, 0.25) is 0 Å². The molecule has 0 atom stereocenters. The summed E-state index contributed by atoms with van der Waals surface area (Å²) in [4.78, 5) is 103. The summed E-state index contributed by atoms with van der Waals surface area (Å²) in [6.07, 6.45) is 0. The standard InChI is InChI=1S/3O4Si.6Sr/c3*1-5(2,3)4;;;;;;/q3*-4;6*+2. The number of hydrogen-bond acceptors (Lipinski definition) is 12. The summed E-state index contributed by atoms with van der Waals surface area (Å²) in [5.41, 5.74) is 0. The molecule has 0 aromatic rings. The average Bonchev–Trinajstić information content (AvgIpc) is 1.41. The third-order valence-electron chi connectivity index (χ3n) is 0. The summed E-state index contributed by atoms with van der Waals surface area (Å²) in [5.74, 6) is 0. The van der Waals surface area contributed by atoms with E-state index in [0.717, 1.165) is 0 Å². The van der Waals surface area contributed by atoms with Crippen molar-refractivity contribution >= 4 is 300 Å². The van der Waals surface area contributed by atoms with Crippen molar-refractivity contribution in [3.05, 3.63) is 0 Å². The van der Waals surface area contributed by atoms with Crippen molar-refractivity contribution in [2.45, 2.75) is 0 Å². The normalized spacial score (nSPS) is 8.57. The molecule has 0 saturated carbocycles. The van der Waals surface area contributed by atoms with Crippen molar-refractivity contribution < 1.29 is 57.5 Å². The van der Waals surface area contributed by atoms with Crippen LogP contribution in [-0.4, -0.2) is 300 Å². The second kappa shape index (κ2) is 31.2. The largest absolute Gasteiger partial charge is 2.00 e. The van der Waals surface area contributed by atoms with Crippen molar-refractivity contribution in [2.75, 3.05) is 0 Å². The molecule has 0 amide bonds. The van der Waals surface area contributed by atoms with Crippen molar-refractivity contribution in [2.24, 2.45) is 0 Å². The van der Waals surface area contributed by atoms with Crippen LogP contribution in [0.25, 0.3) is 0 Å². The van der Waals surface area contributed by atoms with E-state index < -0.39 is 27.1 Å². The minimum absolute atomic E-state index is 0. The molecule has 21 heteroatoms. The van der Waals surface area contributed by atoms with Gasteiger partial charge in [-0.3, -0.25) is 0 Å².